The second-order valence-corrected chi connectivity index (χ2v) is 4.64. The molecule has 1 aliphatic heterocycles. The lowest BCUT2D eigenvalue weighted by atomic mass is 10.0. The van der Waals surface area contributed by atoms with E-state index >= 15 is 0 Å². The van der Waals surface area contributed by atoms with Crippen LogP contribution in [0.3, 0.4) is 0 Å². The molecule has 0 N–H and O–H groups in total. The van der Waals surface area contributed by atoms with Crippen LogP contribution in [0, 0.1) is 12.8 Å². The highest BCUT2D eigenvalue weighted by molar-refractivity contribution is 5.38. The van der Waals surface area contributed by atoms with Gasteiger partial charge in [-0.25, -0.2) is 0 Å². The molecular weight excluding hydrogens is 202 g/mol. The summed E-state index contributed by atoms with van der Waals surface area (Å²) in [5.41, 5.74) is 4.08. The molecule has 1 aromatic rings. The van der Waals surface area contributed by atoms with Crippen LogP contribution >= 0.6 is 0 Å². The van der Waals surface area contributed by atoms with Crippen LogP contribution in [0.1, 0.15) is 29.7 Å². The minimum absolute atomic E-state index is 0.198. The van der Waals surface area contributed by atoms with Crippen LogP contribution in [0.25, 0.3) is 0 Å². The molecule has 86 valence electrons. The lowest BCUT2D eigenvalue weighted by molar-refractivity contribution is -0.425. The highest BCUT2D eigenvalue weighted by Gasteiger charge is 2.38. The number of hydrogen-bond acceptors (Lipinski definition) is 3. The van der Waals surface area contributed by atoms with Crippen LogP contribution < -0.4 is 0 Å². The molecule has 2 atom stereocenters. The molecule has 0 saturated carbocycles. The maximum Gasteiger partial charge on any atom is 0.113 e. The standard InChI is InChI=1S/C13H17NO2/c1-3-14-15-8-11-7-10-5-4-9(2)6-12(10)13(11)16-14/h4-6,11,13H,3,7-8H2,1-2H3/t11-,13+/m0/s1. The van der Waals surface area contributed by atoms with Gasteiger partial charge in [-0.15, -0.1) is 0 Å². The third kappa shape index (κ3) is 1.56. The van der Waals surface area contributed by atoms with Crippen LogP contribution in [0.5, 0.6) is 0 Å². The number of nitrogens with zero attached hydrogens (tertiary/aromatic N) is 1. The second-order valence-electron chi connectivity index (χ2n) is 4.64. The molecule has 0 bridgehead atoms. The quantitative estimate of drug-likeness (QED) is 0.724. The summed E-state index contributed by atoms with van der Waals surface area (Å²) >= 11 is 0. The number of aryl methyl sites for hydroxylation is 1. The molecule has 2 aliphatic rings. The molecule has 0 spiro atoms. The molecule has 0 radical (unpaired) electrons. The van der Waals surface area contributed by atoms with Crippen molar-refractivity contribution < 1.29 is 9.68 Å². The largest absolute Gasteiger partial charge is 0.274 e. The highest BCUT2D eigenvalue weighted by atomic mass is 17.0. The molecule has 0 unspecified atom stereocenters. The maximum absolute atomic E-state index is 5.85. The van der Waals surface area contributed by atoms with Gasteiger partial charge < -0.3 is 0 Å². The lowest BCUT2D eigenvalue weighted by Gasteiger charge is -2.33. The van der Waals surface area contributed by atoms with E-state index in [1.54, 1.807) is 5.23 Å². The number of hydrogen-bond donors (Lipinski definition) is 0. The summed E-state index contributed by atoms with van der Waals surface area (Å²) in [6.07, 6.45) is 1.28. The molecule has 1 aliphatic carbocycles. The summed E-state index contributed by atoms with van der Waals surface area (Å²) < 4.78 is 0. The Morgan fingerprint density at radius 1 is 1.44 bits per heavy atom. The van der Waals surface area contributed by atoms with Gasteiger partial charge in [0.15, 0.2) is 0 Å². The lowest BCUT2D eigenvalue weighted by Crippen LogP contribution is -2.36. The van der Waals surface area contributed by atoms with Gasteiger partial charge in [-0.1, -0.05) is 29.0 Å². The molecule has 3 nitrogen and oxygen atoms in total. The van der Waals surface area contributed by atoms with Gasteiger partial charge in [-0.3, -0.25) is 9.68 Å². The summed E-state index contributed by atoms with van der Waals surface area (Å²) in [4.78, 5) is 11.4. The van der Waals surface area contributed by atoms with E-state index in [0.717, 1.165) is 19.6 Å². The fraction of sp³-hybridized carbons (Fsp3) is 0.538. The Morgan fingerprint density at radius 2 is 2.31 bits per heavy atom. The molecule has 3 heteroatoms. The minimum atomic E-state index is 0.198. The first-order valence-electron chi connectivity index (χ1n) is 5.94. The van der Waals surface area contributed by atoms with E-state index in [4.69, 9.17) is 9.68 Å². The van der Waals surface area contributed by atoms with E-state index in [0.29, 0.717) is 5.92 Å². The van der Waals surface area contributed by atoms with Gasteiger partial charge in [0.2, 0.25) is 0 Å². The summed E-state index contributed by atoms with van der Waals surface area (Å²) in [7, 11) is 0. The molecule has 1 heterocycles. The Morgan fingerprint density at radius 3 is 3.12 bits per heavy atom. The van der Waals surface area contributed by atoms with Crippen molar-refractivity contribution in [2.45, 2.75) is 26.4 Å². The van der Waals surface area contributed by atoms with Crippen molar-refractivity contribution in [2.75, 3.05) is 13.2 Å². The van der Waals surface area contributed by atoms with E-state index in [2.05, 4.69) is 25.1 Å². The van der Waals surface area contributed by atoms with E-state index in [1.807, 2.05) is 6.92 Å². The zero-order valence-corrected chi connectivity index (χ0v) is 9.77. The van der Waals surface area contributed by atoms with E-state index in [1.165, 1.54) is 16.7 Å². The molecule has 16 heavy (non-hydrogen) atoms. The van der Waals surface area contributed by atoms with E-state index < -0.39 is 0 Å². The van der Waals surface area contributed by atoms with E-state index in [9.17, 15) is 0 Å². The van der Waals surface area contributed by atoms with Crippen molar-refractivity contribution in [3.63, 3.8) is 0 Å². The Labute approximate surface area is 95.9 Å². The number of rotatable bonds is 1. The Bertz CT molecular complexity index is 405. The van der Waals surface area contributed by atoms with Gasteiger partial charge in [0.25, 0.3) is 0 Å². The maximum atomic E-state index is 5.85. The van der Waals surface area contributed by atoms with Crippen LogP contribution in [0.2, 0.25) is 0 Å². The first-order valence-corrected chi connectivity index (χ1v) is 5.94. The first kappa shape index (κ1) is 10.3. The average Bonchev–Trinajstić information content (AvgIpc) is 2.66. The molecular formula is C13H17NO2. The number of benzene rings is 1. The predicted octanol–water partition coefficient (Wildman–Crippen LogP) is 2.41. The fourth-order valence-electron chi connectivity index (χ4n) is 2.60. The zero-order chi connectivity index (χ0) is 11.1. The average molecular weight is 219 g/mol. The third-order valence-corrected chi connectivity index (χ3v) is 3.44. The van der Waals surface area contributed by atoms with E-state index in [-0.39, 0.29) is 6.10 Å². The van der Waals surface area contributed by atoms with Crippen molar-refractivity contribution in [1.82, 2.24) is 5.23 Å². The molecule has 1 saturated heterocycles. The first-order chi connectivity index (χ1) is 7.78. The van der Waals surface area contributed by atoms with Crippen LogP contribution in [0.15, 0.2) is 18.2 Å². The molecule has 0 amide bonds. The van der Waals surface area contributed by atoms with Crippen molar-refractivity contribution in [1.29, 1.82) is 0 Å². The Kier molecular flexibility index (Phi) is 2.46. The van der Waals surface area contributed by atoms with Crippen LogP contribution in [0.4, 0.5) is 0 Å². The second kappa shape index (κ2) is 3.84. The fourth-order valence-corrected chi connectivity index (χ4v) is 2.60. The summed E-state index contributed by atoms with van der Waals surface area (Å²) in [5, 5.41) is 1.61. The smallest absolute Gasteiger partial charge is 0.113 e. The molecule has 1 fully saturated rings. The van der Waals surface area contributed by atoms with Crippen LogP contribution in [-0.2, 0) is 16.1 Å². The molecule has 1 aromatic carbocycles. The van der Waals surface area contributed by atoms with Gasteiger partial charge in [-0.05, 0) is 31.4 Å². The number of hydroxylamine groups is 2. The third-order valence-electron chi connectivity index (χ3n) is 3.44. The topological polar surface area (TPSA) is 21.7 Å². The van der Waals surface area contributed by atoms with Gasteiger partial charge >= 0.3 is 0 Å². The minimum Gasteiger partial charge on any atom is -0.274 e. The van der Waals surface area contributed by atoms with Gasteiger partial charge in [-0.2, -0.15) is 0 Å². The van der Waals surface area contributed by atoms with Gasteiger partial charge in [0.05, 0.1) is 6.61 Å². The zero-order valence-electron chi connectivity index (χ0n) is 9.77. The SMILES string of the molecule is CCN1OC[C@@H]2Cc3ccc(C)cc3[C@@H]2O1. The monoisotopic (exact) mass is 219 g/mol. The van der Waals surface area contributed by atoms with Crippen LogP contribution in [-0.4, -0.2) is 18.4 Å². The van der Waals surface area contributed by atoms with Crippen molar-refractivity contribution in [2.24, 2.45) is 5.92 Å². The summed E-state index contributed by atoms with van der Waals surface area (Å²) in [5.74, 6) is 0.486. The Balaban J connectivity index is 1.92. The molecule has 3 rings (SSSR count). The molecule has 0 aromatic heterocycles. The van der Waals surface area contributed by atoms with Crippen molar-refractivity contribution in [3.05, 3.63) is 34.9 Å². The highest BCUT2D eigenvalue weighted by Crippen LogP contribution is 2.42. The summed E-state index contributed by atoms with van der Waals surface area (Å²) in [6.45, 7) is 5.70. The van der Waals surface area contributed by atoms with Crippen molar-refractivity contribution in [3.8, 4) is 0 Å². The summed E-state index contributed by atoms with van der Waals surface area (Å²) in [6, 6.07) is 6.65. The van der Waals surface area contributed by atoms with Crippen molar-refractivity contribution >= 4 is 0 Å². The van der Waals surface area contributed by atoms with Gasteiger partial charge in [0.1, 0.15) is 6.10 Å². The van der Waals surface area contributed by atoms with Gasteiger partial charge in [0, 0.05) is 12.5 Å². The normalized spacial score (nSPS) is 28.9. The Hall–Kier alpha value is -0.900. The number of fused-ring (bicyclic) bond motifs is 3. The predicted molar refractivity (Wildman–Crippen MR) is 60.5 cm³/mol.